The molecule has 1 amide bonds. The minimum absolute atomic E-state index is 0.139. The van der Waals surface area contributed by atoms with Crippen LogP contribution in [0.25, 0.3) is 0 Å². The monoisotopic (exact) mass is 408 g/mol. The summed E-state index contributed by atoms with van der Waals surface area (Å²) in [5, 5.41) is 2.81. The third-order valence-electron chi connectivity index (χ3n) is 4.45. The average Bonchev–Trinajstić information content (AvgIpc) is 2.67. The Labute approximate surface area is 172 Å². The number of nitrogens with one attached hydrogen (secondary N) is 1. The van der Waals surface area contributed by atoms with Crippen LogP contribution in [0.3, 0.4) is 0 Å². The quantitative estimate of drug-likeness (QED) is 0.655. The molecule has 0 unspecified atom stereocenters. The number of amides is 1. The third-order valence-corrected chi connectivity index (χ3v) is 6.23. The molecular formula is C23H24N2O3S. The van der Waals surface area contributed by atoms with E-state index >= 15 is 0 Å². The van der Waals surface area contributed by atoms with E-state index in [1.54, 1.807) is 30.3 Å². The van der Waals surface area contributed by atoms with Gasteiger partial charge in [0.1, 0.15) is 6.54 Å². The fourth-order valence-electron chi connectivity index (χ4n) is 3.12. The van der Waals surface area contributed by atoms with E-state index in [1.807, 2.05) is 51.1 Å². The predicted octanol–water partition coefficient (Wildman–Crippen LogP) is 4.45. The number of anilines is 2. The van der Waals surface area contributed by atoms with Gasteiger partial charge >= 0.3 is 0 Å². The highest BCUT2D eigenvalue weighted by Gasteiger charge is 2.27. The van der Waals surface area contributed by atoms with Crippen LogP contribution in [0.2, 0.25) is 0 Å². The van der Waals surface area contributed by atoms with E-state index in [0.717, 1.165) is 21.0 Å². The van der Waals surface area contributed by atoms with Gasteiger partial charge in [0.25, 0.3) is 10.0 Å². The molecule has 0 fully saturated rings. The molecule has 29 heavy (non-hydrogen) atoms. The first-order chi connectivity index (χ1) is 13.8. The Morgan fingerprint density at radius 3 is 2.00 bits per heavy atom. The van der Waals surface area contributed by atoms with Crippen LogP contribution in [-0.2, 0) is 14.8 Å². The largest absolute Gasteiger partial charge is 0.324 e. The topological polar surface area (TPSA) is 66.5 Å². The lowest BCUT2D eigenvalue weighted by molar-refractivity contribution is -0.114. The Kier molecular flexibility index (Phi) is 6.03. The summed E-state index contributed by atoms with van der Waals surface area (Å²) in [7, 11) is -3.90. The van der Waals surface area contributed by atoms with Gasteiger partial charge in [-0.3, -0.25) is 9.10 Å². The zero-order valence-electron chi connectivity index (χ0n) is 16.7. The molecule has 1 N–H and O–H groups in total. The standard InChI is InChI=1S/C23H24N2O3S/c1-17-9-11-21(12-10-17)25(29(27,28)22-7-5-4-6-8-22)16-23(26)24-20-14-18(2)13-19(3)15-20/h4-15H,16H2,1-3H3,(H,24,26). The van der Waals surface area contributed by atoms with E-state index in [4.69, 9.17) is 0 Å². The van der Waals surface area contributed by atoms with Crippen LogP contribution in [0, 0.1) is 20.8 Å². The maximum absolute atomic E-state index is 13.3. The molecule has 0 aliphatic rings. The summed E-state index contributed by atoms with van der Waals surface area (Å²) in [6.07, 6.45) is 0. The Morgan fingerprint density at radius 1 is 0.828 bits per heavy atom. The number of nitrogens with zero attached hydrogens (tertiary/aromatic N) is 1. The lowest BCUT2D eigenvalue weighted by Gasteiger charge is -2.24. The molecule has 0 radical (unpaired) electrons. The number of sulfonamides is 1. The molecule has 3 aromatic rings. The van der Waals surface area contributed by atoms with Crippen molar-refractivity contribution in [2.45, 2.75) is 25.7 Å². The van der Waals surface area contributed by atoms with E-state index in [1.165, 1.54) is 12.1 Å². The van der Waals surface area contributed by atoms with Crippen LogP contribution in [0.15, 0.2) is 77.7 Å². The van der Waals surface area contributed by atoms with Gasteiger partial charge in [-0.25, -0.2) is 8.42 Å². The van der Waals surface area contributed by atoms with Crippen LogP contribution in [0.4, 0.5) is 11.4 Å². The Hall–Kier alpha value is -3.12. The van der Waals surface area contributed by atoms with Crippen LogP contribution in [0.1, 0.15) is 16.7 Å². The smallest absolute Gasteiger partial charge is 0.264 e. The molecule has 0 aliphatic heterocycles. The molecule has 0 spiro atoms. The van der Waals surface area contributed by atoms with E-state index in [0.29, 0.717) is 11.4 Å². The maximum atomic E-state index is 13.3. The fraction of sp³-hybridized carbons (Fsp3) is 0.174. The number of aryl methyl sites for hydroxylation is 3. The van der Waals surface area contributed by atoms with Gasteiger partial charge < -0.3 is 5.32 Å². The molecular weight excluding hydrogens is 384 g/mol. The second kappa shape index (κ2) is 8.49. The second-order valence-electron chi connectivity index (χ2n) is 7.08. The second-order valence-corrected chi connectivity index (χ2v) is 8.95. The molecule has 6 heteroatoms. The zero-order chi connectivity index (χ0) is 21.0. The normalized spacial score (nSPS) is 11.1. The average molecular weight is 409 g/mol. The van der Waals surface area contributed by atoms with Gasteiger partial charge in [-0.05, 0) is 68.3 Å². The molecule has 3 rings (SSSR count). The summed E-state index contributed by atoms with van der Waals surface area (Å²) in [4.78, 5) is 12.9. The lowest BCUT2D eigenvalue weighted by atomic mass is 10.1. The van der Waals surface area contributed by atoms with Gasteiger partial charge in [-0.1, -0.05) is 42.0 Å². The van der Waals surface area contributed by atoms with E-state index in [-0.39, 0.29) is 11.4 Å². The first-order valence-electron chi connectivity index (χ1n) is 9.28. The van der Waals surface area contributed by atoms with Crippen LogP contribution in [-0.4, -0.2) is 20.9 Å². The summed E-state index contributed by atoms with van der Waals surface area (Å²) in [6.45, 7) is 5.49. The van der Waals surface area contributed by atoms with Crippen molar-refractivity contribution in [1.82, 2.24) is 0 Å². The van der Waals surface area contributed by atoms with Crippen molar-refractivity contribution in [3.05, 3.63) is 89.5 Å². The number of hydrogen-bond acceptors (Lipinski definition) is 3. The van der Waals surface area contributed by atoms with Gasteiger partial charge in [0.05, 0.1) is 10.6 Å². The van der Waals surface area contributed by atoms with Crippen molar-refractivity contribution in [2.75, 3.05) is 16.2 Å². The van der Waals surface area contributed by atoms with Crippen LogP contribution < -0.4 is 9.62 Å². The van der Waals surface area contributed by atoms with Crippen molar-refractivity contribution in [3.63, 3.8) is 0 Å². The minimum Gasteiger partial charge on any atom is -0.324 e. The number of hydrogen-bond donors (Lipinski definition) is 1. The molecule has 3 aromatic carbocycles. The van der Waals surface area contributed by atoms with Gasteiger partial charge in [-0.2, -0.15) is 0 Å². The molecule has 0 aromatic heterocycles. The predicted molar refractivity (Wildman–Crippen MR) is 117 cm³/mol. The minimum atomic E-state index is -3.90. The number of carbonyl (C=O) groups is 1. The molecule has 0 atom stereocenters. The highest BCUT2D eigenvalue weighted by molar-refractivity contribution is 7.92. The molecule has 0 aliphatic carbocycles. The van der Waals surface area contributed by atoms with Crippen molar-refractivity contribution < 1.29 is 13.2 Å². The Morgan fingerprint density at radius 2 is 1.41 bits per heavy atom. The first kappa shape index (κ1) is 20.6. The third kappa shape index (κ3) is 5.03. The van der Waals surface area contributed by atoms with E-state index in [9.17, 15) is 13.2 Å². The van der Waals surface area contributed by atoms with Crippen molar-refractivity contribution >= 4 is 27.3 Å². The molecule has 0 saturated heterocycles. The SMILES string of the molecule is Cc1ccc(N(CC(=O)Nc2cc(C)cc(C)c2)S(=O)(=O)c2ccccc2)cc1. The van der Waals surface area contributed by atoms with Gasteiger partial charge in [-0.15, -0.1) is 0 Å². The number of carbonyl (C=O) groups excluding carboxylic acids is 1. The molecule has 0 bridgehead atoms. The van der Waals surface area contributed by atoms with Crippen molar-refractivity contribution in [2.24, 2.45) is 0 Å². The molecule has 0 saturated carbocycles. The maximum Gasteiger partial charge on any atom is 0.264 e. The highest BCUT2D eigenvalue weighted by Crippen LogP contribution is 2.24. The van der Waals surface area contributed by atoms with Crippen molar-refractivity contribution in [3.8, 4) is 0 Å². The summed E-state index contributed by atoms with van der Waals surface area (Å²) in [5.74, 6) is -0.407. The van der Waals surface area contributed by atoms with Crippen LogP contribution in [0.5, 0.6) is 0 Å². The van der Waals surface area contributed by atoms with Crippen LogP contribution >= 0.6 is 0 Å². The number of rotatable bonds is 6. The fourth-order valence-corrected chi connectivity index (χ4v) is 4.57. The molecule has 0 heterocycles. The van der Waals surface area contributed by atoms with Gasteiger partial charge in [0.15, 0.2) is 0 Å². The highest BCUT2D eigenvalue weighted by atomic mass is 32.2. The summed E-state index contributed by atoms with van der Waals surface area (Å²) in [5.41, 5.74) is 4.13. The van der Waals surface area contributed by atoms with E-state index < -0.39 is 15.9 Å². The zero-order valence-corrected chi connectivity index (χ0v) is 17.5. The summed E-state index contributed by atoms with van der Waals surface area (Å²) < 4.78 is 27.7. The first-order valence-corrected chi connectivity index (χ1v) is 10.7. The van der Waals surface area contributed by atoms with Crippen molar-refractivity contribution in [1.29, 1.82) is 0 Å². The Balaban J connectivity index is 1.93. The number of benzene rings is 3. The van der Waals surface area contributed by atoms with Gasteiger partial charge in [0, 0.05) is 5.69 Å². The summed E-state index contributed by atoms with van der Waals surface area (Å²) in [6, 6.07) is 20.9. The lowest BCUT2D eigenvalue weighted by Crippen LogP contribution is -2.38. The summed E-state index contributed by atoms with van der Waals surface area (Å²) >= 11 is 0. The van der Waals surface area contributed by atoms with E-state index in [2.05, 4.69) is 5.32 Å². The Bertz CT molecular complexity index is 1090. The molecule has 150 valence electrons. The van der Waals surface area contributed by atoms with Gasteiger partial charge in [0.2, 0.25) is 5.91 Å². The molecule has 5 nitrogen and oxygen atoms in total.